The topological polar surface area (TPSA) is 54.2 Å². The number of benzene rings is 1. The lowest BCUT2D eigenvalue weighted by molar-refractivity contribution is 0.625. The van der Waals surface area contributed by atoms with Crippen LogP contribution in [-0.2, 0) is 19.9 Å². The zero-order valence-electron chi connectivity index (χ0n) is 14.6. The van der Waals surface area contributed by atoms with Gasteiger partial charge in [-0.15, -0.1) is 0 Å². The summed E-state index contributed by atoms with van der Waals surface area (Å²) in [6.07, 6.45) is 6.79. The fourth-order valence-electron chi connectivity index (χ4n) is 2.58. The van der Waals surface area contributed by atoms with E-state index in [1.54, 1.807) is 13.1 Å². The molecule has 0 bridgehead atoms. The summed E-state index contributed by atoms with van der Waals surface area (Å²) < 4.78 is 14.9. The van der Waals surface area contributed by atoms with Crippen molar-refractivity contribution in [2.24, 2.45) is 12.0 Å². The summed E-state index contributed by atoms with van der Waals surface area (Å²) in [5.41, 5.74) is 3.38. The Hall–Kier alpha value is -2.37. The molecule has 130 valence electrons. The molecule has 0 saturated carbocycles. The number of aryl methyl sites for hydroxylation is 3. The van der Waals surface area contributed by atoms with Crippen LogP contribution in [0.3, 0.4) is 0 Å². The Morgan fingerprint density at radius 3 is 2.71 bits per heavy atom. The highest BCUT2D eigenvalue weighted by atomic mass is 19.1. The van der Waals surface area contributed by atoms with Gasteiger partial charge in [0.15, 0.2) is 5.96 Å². The van der Waals surface area contributed by atoms with E-state index in [1.807, 2.05) is 37.1 Å². The number of aliphatic imine (C=N–C) groups is 1. The zero-order chi connectivity index (χ0) is 17.4. The van der Waals surface area contributed by atoms with E-state index in [1.165, 1.54) is 11.6 Å². The molecule has 1 aromatic carbocycles. The summed E-state index contributed by atoms with van der Waals surface area (Å²) >= 11 is 0. The van der Waals surface area contributed by atoms with Gasteiger partial charge in [0.1, 0.15) is 5.82 Å². The van der Waals surface area contributed by atoms with Crippen LogP contribution in [0.2, 0.25) is 0 Å². The molecule has 5 nitrogen and oxygen atoms in total. The van der Waals surface area contributed by atoms with E-state index in [0.29, 0.717) is 0 Å². The Bertz CT molecular complexity index is 678. The van der Waals surface area contributed by atoms with Crippen molar-refractivity contribution in [3.8, 4) is 0 Å². The van der Waals surface area contributed by atoms with E-state index in [9.17, 15) is 4.39 Å². The Morgan fingerprint density at radius 2 is 2.04 bits per heavy atom. The predicted octanol–water partition coefficient (Wildman–Crippen LogP) is 2.21. The van der Waals surface area contributed by atoms with Crippen LogP contribution in [-0.4, -0.2) is 35.9 Å². The SMILES string of the molecule is CN=C(NCCCc1cnn(C)c1)NCCc1ccc(F)cc1C. The van der Waals surface area contributed by atoms with Gasteiger partial charge in [-0.2, -0.15) is 5.10 Å². The molecule has 0 unspecified atom stereocenters. The molecule has 0 amide bonds. The summed E-state index contributed by atoms with van der Waals surface area (Å²) in [6, 6.07) is 4.92. The second kappa shape index (κ2) is 9.05. The normalized spacial score (nSPS) is 11.6. The van der Waals surface area contributed by atoms with E-state index in [4.69, 9.17) is 0 Å². The quantitative estimate of drug-likeness (QED) is 0.465. The van der Waals surface area contributed by atoms with Crippen molar-refractivity contribution in [1.29, 1.82) is 0 Å². The molecule has 0 aliphatic heterocycles. The van der Waals surface area contributed by atoms with Crippen LogP contribution >= 0.6 is 0 Å². The minimum atomic E-state index is -0.185. The maximum atomic E-state index is 13.1. The van der Waals surface area contributed by atoms with Gasteiger partial charge in [-0.3, -0.25) is 9.67 Å². The molecule has 0 saturated heterocycles. The number of guanidine groups is 1. The van der Waals surface area contributed by atoms with Crippen LogP contribution < -0.4 is 10.6 Å². The first-order valence-corrected chi connectivity index (χ1v) is 8.25. The van der Waals surface area contributed by atoms with Gasteiger partial charge < -0.3 is 10.6 Å². The molecular weight excluding hydrogens is 305 g/mol. The third-order valence-corrected chi connectivity index (χ3v) is 3.91. The van der Waals surface area contributed by atoms with E-state index in [0.717, 1.165) is 49.4 Å². The van der Waals surface area contributed by atoms with Gasteiger partial charge >= 0.3 is 0 Å². The number of nitrogens with one attached hydrogen (secondary N) is 2. The van der Waals surface area contributed by atoms with E-state index in [2.05, 4.69) is 20.7 Å². The van der Waals surface area contributed by atoms with Crippen molar-refractivity contribution < 1.29 is 4.39 Å². The number of hydrogen-bond donors (Lipinski definition) is 2. The van der Waals surface area contributed by atoms with Gasteiger partial charge in [-0.05, 0) is 55.0 Å². The Morgan fingerprint density at radius 1 is 1.25 bits per heavy atom. The third kappa shape index (κ3) is 5.68. The van der Waals surface area contributed by atoms with Crippen molar-refractivity contribution in [2.75, 3.05) is 20.1 Å². The van der Waals surface area contributed by atoms with Crippen molar-refractivity contribution in [3.63, 3.8) is 0 Å². The summed E-state index contributed by atoms with van der Waals surface area (Å²) in [5.74, 6) is 0.608. The molecule has 2 N–H and O–H groups in total. The van der Waals surface area contributed by atoms with Gasteiger partial charge in [0.05, 0.1) is 6.20 Å². The first-order chi connectivity index (χ1) is 11.6. The summed E-state index contributed by atoms with van der Waals surface area (Å²) in [7, 11) is 3.69. The average molecular weight is 331 g/mol. The van der Waals surface area contributed by atoms with Crippen LogP contribution in [0.25, 0.3) is 0 Å². The lowest BCUT2D eigenvalue weighted by Crippen LogP contribution is -2.38. The lowest BCUT2D eigenvalue weighted by atomic mass is 10.1. The second-order valence-electron chi connectivity index (χ2n) is 5.87. The standard InChI is InChI=1S/C18H26FN5/c1-14-11-17(19)7-6-16(14)8-10-22-18(20-2)21-9-4-5-15-12-23-24(3)13-15/h6-7,11-13H,4-5,8-10H2,1-3H3,(H2,20,21,22). The van der Waals surface area contributed by atoms with Crippen molar-refractivity contribution in [3.05, 3.63) is 53.1 Å². The number of halogens is 1. The Labute approximate surface area is 143 Å². The highest BCUT2D eigenvalue weighted by Crippen LogP contribution is 2.10. The maximum absolute atomic E-state index is 13.1. The summed E-state index contributed by atoms with van der Waals surface area (Å²) in [6.45, 7) is 3.54. The molecular formula is C18H26FN5. The van der Waals surface area contributed by atoms with E-state index < -0.39 is 0 Å². The second-order valence-corrected chi connectivity index (χ2v) is 5.87. The number of rotatable bonds is 7. The third-order valence-electron chi connectivity index (χ3n) is 3.91. The maximum Gasteiger partial charge on any atom is 0.190 e. The zero-order valence-corrected chi connectivity index (χ0v) is 14.6. The lowest BCUT2D eigenvalue weighted by Gasteiger charge is -2.12. The molecule has 6 heteroatoms. The molecule has 0 aliphatic rings. The van der Waals surface area contributed by atoms with Gasteiger partial charge in [0.2, 0.25) is 0 Å². The van der Waals surface area contributed by atoms with E-state index >= 15 is 0 Å². The van der Waals surface area contributed by atoms with Crippen LogP contribution in [0.1, 0.15) is 23.1 Å². The Kier molecular flexibility index (Phi) is 6.78. The molecule has 24 heavy (non-hydrogen) atoms. The highest BCUT2D eigenvalue weighted by Gasteiger charge is 2.02. The smallest absolute Gasteiger partial charge is 0.190 e. The van der Waals surface area contributed by atoms with Crippen LogP contribution in [0.15, 0.2) is 35.6 Å². The molecule has 0 aliphatic carbocycles. The van der Waals surface area contributed by atoms with Gasteiger partial charge in [-0.1, -0.05) is 6.07 Å². The first kappa shape index (κ1) is 18.0. The minimum Gasteiger partial charge on any atom is -0.356 e. The number of nitrogens with zero attached hydrogens (tertiary/aromatic N) is 3. The van der Waals surface area contributed by atoms with Gasteiger partial charge in [0.25, 0.3) is 0 Å². The molecule has 0 radical (unpaired) electrons. The highest BCUT2D eigenvalue weighted by molar-refractivity contribution is 5.79. The van der Waals surface area contributed by atoms with Gasteiger partial charge in [0, 0.05) is 33.4 Å². The largest absolute Gasteiger partial charge is 0.356 e. The predicted molar refractivity (Wildman–Crippen MR) is 95.7 cm³/mol. The fourth-order valence-corrected chi connectivity index (χ4v) is 2.58. The van der Waals surface area contributed by atoms with Gasteiger partial charge in [-0.25, -0.2) is 4.39 Å². The molecule has 0 spiro atoms. The first-order valence-electron chi connectivity index (χ1n) is 8.25. The van der Waals surface area contributed by atoms with Crippen molar-refractivity contribution in [1.82, 2.24) is 20.4 Å². The van der Waals surface area contributed by atoms with E-state index in [-0.39, 0.29) is 5.82 Å². The molecule has 0 atom stereocenters. The number of hydrogen-bond acceptors (Lipinski definition) is 2. The van der Waals surface area contributed by atoms with Crippen molar-refractivity contribution in [2.45, 2.75) is 26.2 Å². The average Bonchev–Trinajstić information content (AvgIpc) is 2.97. The monoisotopic (exact) mass is 331 g/mol. The Balaban J connectivity index is 1.66. The summed E-state index contributed by atoms with van der Waals surface area (Å²) in [5, 5.41) is 10.8. The van der Waals surface area contributed by atoms with Crippen LogP contribution in [0, 0.1) is 12.7 Å². The number of aromatic nitrogens is 2. The molecule has 0 fully saturated rings. The molecule has 2 rings (SSSR count). The van der Waals surface area contributed by atoms with Crippen molar-refractivity contribution >= 4 is 5.96 Å². The molecule has 2 aromatic rings. The van der Waals surface area contributed by atoms with Crippen LogP contribution in [0.5, 0.6) is 0 Å². The minimum absolute atomic E-state index is 0.185. The molecule has 1 aromatic heterocycles. The summed E-state index contributed by atoms with van der Waals surface area (Å²) in [4.78, 5) is 4.22. The van der Waals surface area contributed by atoms with Crippen LogP contribution in [0.4, 0.5) is 4.39 Å². The molecule has 1 heterocycles. The fraction of sp³-hybridized carbons (Fsp3) is 0.444.